The maximum atomic E-state index is 10.6. The van der Waals surface area contributed by atoms with E-state index in [-0.39, 0.29) is 0 Å². The van der Waals surface area contributed by atoms with Crippen LogP contribution in [0.1, 0.15) is 23.0 Å². The predicted molar refractivity (Wildman–Crippen MR) is 55.3 cm³/mol. The molecule has 0 saturated heterocycles. The maximum absolute atomic E-state index is 10.6. The van der Waals surface area contributed by atoms with Gasteiger partial charge in [-0.1, -0.05) is 6.92 Å². The minimum Gasteiger partial charge on any atom is -0.296 e. The molecule has 0 fully saturated rings. The van der Waals surface area contributed by atoms with Crippen LogP contribution in [0.5, 0.6) is 0 Å². The molecule has 72 valence electrons. The number of rotatable bonds is 4. The fourth-order valence-corrected chi connectivity index (χ4v) is 1.84. The highest BCUT2D eigenvalue weighted by molar-refractivity contribution is 7.99. The third-order valence-electron chi connectivity index (χ3n) is 1.63. The van der Waals surface area contributed by atoms with Gasteiger partial charge in [0.15, 0.2) is 6.29 Å². The molecule has 0 aliphatic carbocycles. The van der Waals surface area contributed by atoms with Crippen molar-refractivity contribution in [3.63, 3.8) is 0 Å². The first-order chi connectivity index (χ1) is 6.81. The van der Waals surface area contributed by atoms with Gasteiger partial charge in [0.1, 0.15) is 5.69 Å². The number of thioether (sulfide) groups is 1. The second-order valence-electron chi connectivity index (χ2n) is 2.61. The van der Waals surface area contributed by atoms with Gasteiger partial charge in [-0.3, -0.25) is 9.78 Å². The molecule has 1 aromatic heterocycles. The van der Waals surface area contributed by atoms with Crippen molar-refractivity contribution in [1.29, 1.82) is 5.26 Å². The van der Waals surface area contributed by atoms with Crippen LogP contribution in [0.4, 0.5) is 0 Å². The van der Waals surface area contributed by atoms with E-state index in [4.69, 9.17) is 5.26 Å². The van der Waals surface area contributed by atoms with Gasteiger partial charge in [0.2, 0.25) is 0 Å². The molecule has 14 heavy (non-hydrogen) atoms. The highest BCUT2D eigenvalue weighted by Gasteiger charge is 2.04. The Balaban J connectivity index is 3.01. The summed E-state index contributed by atoms with van der Waals surface area (Å²) in [5, 5.41) is 8.51. The summed E-state index contributed by atoms with van der Waals surface area (Å²) in [4.78, 5) is 15.5. The summed E-state index contributed by atoms with van der Waals surface area (Å²) in [5.74, 6) is 0.887. The topological polar surface area (TPSA) is 53.8 Å². The summed E-state index contributed by atoms with van der Waals surface area (Å²) in [6, 6.07) is 3.91. The summed E-state index contributed by atoms with van der Waals surface area (Å²) < 4.78 is 0. The molecular weight excluding hydrogens is 196 g/mol. The van der Waals surface area contributed by atoms with Gasteiger partial charge in [0.05, 0.1) is 12.5 Å². The molecule has 3 nitrogen and oxygen atoms in total. The first-order valence-corrected chi connectivity index (χ1v) is 5.24. The van der Waals surface area contributed by atoms with E-state index in [1.807, 2.05) is 13.0 Å². The van der Waals surface area contributed by atoms with Crippen molar-refractivity contribution in [2.45, 2.75) is 18.2 Å². The van der Waals surface area contributed by atoms with E-state index in [0.717, 1.165) is 22.5 Å². The average Bonchev–Trinajstić information content (AvgIpc) is 2.19. The van der Waals surface area contributed by atoms with E-state index in [0.29, 0.717) is 12.1 Å². The van der Waals surface area contributed by atoms with Gasteiger partial charge < -0.3 is 0 Å². The minimum atomic E-state index is 0.337. The number of pyridine rings is 1. The van der Waals surface area contributed by atoms with Crippen LogP contribution in [-0.4, -0.2) is 17.0 Å². The van der Waals surface area contributed by atoms with Crippen LogP contribution in [0.2, 0.25) is 0 Å². The van der Waals surface area contributed by atoms with Crippen molar-refractivity contribution in [2.75, 3.05) is 5.75 Å². The number of nitriles is 1. The van der Waals surface area contributed by atoms with Crippen LogP contribution < -0.4 is 0 Å². The first kappa shape index (κ1) is 10.7. The van der Waals surface area contributed by atoms with Gasteiger partial charge in [-0.25, -0.2) is 0 Å². The Kier molecular flexibility index (Phi) is 4.14. The van der Waals surface area contributed by atoms with E-state index in [2.05, 4.69) is 11.1 Å². The molecule has 0 N–H and O–H groups in total. The number of nitrogens with zero attached hydrogens (tertiary/aromatic N) is 2. The van der Waals surface area contributed by atoms with Crippen molar-refractivity contribution in [3.05, 3.63) is 23.5 Å². The SMILES string of the molecule is CCSc1cc(CC#N)cnc1C=O. The lowest BCUT2D eigenvalue weighted by molar-refractivity contribution is 0.111. The van der Waals surface area contributed by atoms with Gasteiger partial charge in [0.25, 0.3) is 0 Å². The van der Waals surface area contributed by atoms with Crippen LogP contribution in [0.25, 0.3) is 0 Å². The third-order valence-corrected chi connectivity index (χ3v) is 2.56. The van der Waals surface area contributed by atoms with Crippen molar-refractivity contribution in [3.8, 4) is 6.07 Å². The van der Waals surface area contributed by atoms with Gasteiger partial charge >= 0.3 is 0 Å². The second kappa shape index (κ2) is 5.40. The van der Waals surface area contributed by atoms with Crippen LogP contribution in [0.3, 0.4) is 0 Å². The zero-order valence-electron chi connectivity index (χ0n) is 7.86. The summed E-state index contributed by atoms with van der Waals surface area (Å²) in [6.07, 6.45) is 2.66. The molecule has 0 atom stereocenters. The zero-order valence-corrected chi connectivity index (χ0v) is 8.67. The third kappa shape index (κ3) is 2.57. The molecule has 1 heterocycles. The normalized spacial score (nSPS) is 9.43. The predicted octanol–water partition coefficient (Wildman–Crippen LogP) is 2.07. The van der Waals surface area contributed by atoms with E-state index in [1.165, 1.54) is 0 Å². The standard InChI is InChI=1S/C10H10N2OS/c1-2-14-10-5-8(3-4-11)6-12-9(10)7-13/h5-7H,2-3H2,1H3. The van der Waals surface area contributed by atoms with Crippen molar-refractivity contribution in [2.24, 2.45) is 0 Å². The lowest BCUT2D eigenvalue weighted by Gasteiger charge is -2.03. The quantitative estimate of drug-likeness (QED) is 0.559. The van der Waals surface area contributed by atoms with Crippen molar-refractivity contribution in [1.82, 2.24) is 4.98 Å². The Bertz CT molecular complexity index is 371. The van der Waals surface area contributed by atoms with E-state index in [1.54, 1.807) is 18.0 Å². The smallest absolute Gasteiger partial charge is 0.169 e. The minimum absolute atomic E-state index is 0.337. The number of hydrogen-bond donors (Lipinski definition) is 0. The molecule has 0 amide bonds. The van der Waals surface area contributed by atoms with Gasteiger partial charge in [0, 0.05) is 11.1 Å². The summed E-state index contributed by atoms with van der Waals surface area (Å²) in [7, 11) is 0. The van der Waals surface area contributed by atoms with E-state index >= 15 is 0 Å². The van der Waals surface area contributed by atoms with E-state index < -0.39 is 0 Å². The van der Waals surface area contributed by atoms with Crippen LogP contribution >= 0.6 is 11.8 Å². The molecule has 0 bridgehead atoms. The molecule has 0 radical (unpaired) electrons. The number of carbonyl (C=O) groups is 1. The molecule has 0 aliphatic heterocycles. The lowest BCUT2D eigenvalue weighted by atomic mass is 10.2. The first-order valence-electron chi connectivity index (χ1n) is 4.25. The van der Waals surface area contributed by atoms with Crippen molar-refractivity contribution < 1.29 is 4.79 Å². The summed E-state index contributed by atoms with van der Waals surface area (Å²) in [5.41, 5.74) is 1.31. The van der Waals surface area contributed by atoms with Gasteiger partial charge in [-0.15, -0.1) is 11.8 Å². The van der Waals surface area contributed by atoms with E-state index in [9.17, 15) is 4.79 Å². The molecule has 0 spiro atoms. The molecule has 1 aromatic rings. The lowest BCUT2D eigenvalue weighted by Crippen LogP contribution is -1.94. The number of hydrogen-bond acceptors (Lipinski definition) is 4. The summed E-state index contributed by atoms with van der Waals surface area (Å²) >= 11 is 1.56. The monoisotopic (exact) mass is 206 g/mol. The molecule has 0 aromatic carbocycles. The molecule has 4 heteroatoms. The Morgan fingerprint density at radius 1 is 1.71 bits per heavy atom. The fraction of sp³-hybridized carbons (Fsp3) is 0.300. The Hall–Kier alpha value is -1.34. The molecule has 0 aliphatic rings. The number of aromatic nitrogens is 1. The molecular formula is C10H10N2OS. The van der Waals surface area contributed by atoms with Crippen molar-refractivity contribution >= 4 is 18.0 Å². The Morgan fingerprint density at radius 3 is 3.07 bits per heavy atom. The second-order valence-corrected chi connectivity index (χ2v) is 3.92. The maximum Gasteiger partial charge on any atom is 0.169 e. The largest absolute Gasteiger partial charge is 0.296 e. The van der Waals surface area contributed by atoms with Gasteiger partial charge in [-0.2, -0.15) is 5.26 Å². The average molecular weight is 206 g/mol. The van der Waals surface area contributed by atoms with Crippen LogP contribution in [-0.2, 0) is 6.42 Å². The van der Waals surface area contributed by atoms with Gasteiger partial charge in [-0.05, 0) is 17.4 Å². The van der Waals surface area contributed by atoms with Crippen LogP contribution in [0.15, 0.2) is 17.2 Å². The van der Waals surface area contributed by atoms with Crippen LogP contribution in [0, 0.1) is 11.3 Å². The highest BCUT2D eigenvalue weighted by atomic mass is 32.2. The fourth-order valence-electron chi connectivity index (χ4n) is 1.04. The molecule has 0 unspecified atom stereocenters. The Labute approximate surface area is 87.2 Å². The number of aldehydes is 1. The Morgan fingerprint density at radius 2 is 2.50 bits per heavy atom. The zero-order chi connectivity index (χ0) is 10.4. The number of carbonyl (C=O) groups excluding carboxylic acids is 1. The molecule has 0 saturated carbocycles. The molecule has 1 rings (SSSR count). The highest BCUT2D eigenvalue weighted by Crippen LogP contribution is 2.21. The summed E-state index contributed by atoms with van der Waals surface area (Å²) in [6.45, 7) is 2.01.